The second kappa shape index (κ2) is 13.1. The van der Waals surface area contributed by atoms with Crippen molar-refractivity contribution in [1.82, 2.24) is 19.1 Å². The number of aryl methyl sites for hydroxylation is 1. The third-order valence-corrected chi connectivity index (χ3v) is 10.8. The Labute approximate surface area is 325 Å². The Morgan fingerprint density at radius 2 is 0.930 bits per heavy atom. The van der Waals surface area contributed by atoms with E-state index in [0.29, 0.717) is 33.6 Å². The summed E-state index contributed by atoms with van der Waals surface area (Å²) in [6.07, 6.45) is 2.51. The molecule has 0 saturated heterocycles. The van der Waals surface area contributed by atoms with Crippen LogP contribution in [0.4, 0.5) is 13.2 Å². The maximum atomic E-state index is 14.3. The SMILES string of the molecule is Cc1cc(-c2cc(-n3c4ccccc4c4cc(-c5ccncc5)ccc43)c(C#N)c(-n3c4ccccc4c4cc(-c5ccncc5)ccc43)c2)cc(C(F)(F)F)c1. The van der Waals surface area contributed by atoms with Crippen molar-refractivity contribution in [3.63, 3.8) is 0 Å². The van der Waals surface area contributed by atoms with Crippen LogP contribution in [0.3, 0.4) is 0 Å². The Morgan fingerprint density at radius 3 is 1.40 bits per heavy atom. The topological polar surface area (TPSA) is 59.4 Å². The molecule has 57 heavy (non-hydrogen) atoms. The minimum Gasteiger partial charge on any atom is -0.308 e. The molecule has 4 aromatic heterocycles. The zero-order valence-electron chi connectivity index (χ0n) is 30.5. The highest BCUT2D eigenvalue weighted by molar-refractivity contribution is 6.12. The third kappa shape index (κ3) is 5.63. The predicted molar refractivity (Wildman–Crippen MR) is 221 cm³/mol. The van der Waals surface area contributed by atoms with E-state index in [4.69, 9.17) is 0 Å². The van der Waals surface area contributed by atoms with Gasteiger partial charge in [0.05, 0.1) is 39.0 Å². The van der Waals surface area contributed by atoms with Gasteiger partial charge in [-0.15, -0.1) is 0 Å². The van der Waals surface area contributed by atoms with E-state index < -0.39 is 11.7 Å². The van der Waals surface area contributed by atoms with Gasteiger partial charge in [0.2, 0.25) is 0 Å². The van der Waals surface area contributed by atoms with E-state index in [0.717, 1.165) is 71.9 Å². The van der Waals surface area contributed by atoms with Crippen LogP contribution < -0.4 is 0 Å². The molecule has 0 bridgehead atoms. The summed E-state index contributed by atoms with van der Waals surface area (Å²) in [6, 6.07) is 46.8. The predicted octanol–water partition coefficient (Wildman–Crippen LogP) is 12.9. The lowest BCUT2D eigenvalue weighted by Crippen LogP contribution is -2.07. The molecule has 0 unspecified atom stereocenters. The van der Waals surface area contributed by atoms with E-state index in [2.05, 4.69) is 49.4 Å². The van der Waals surface area contributed by atoms with Gasteiger partial charge >= 0.3 is 6.18 Å². The van der Waals surface area contributed by atoms with E-state index in [9.17, 15) is 18.4 Å². The van der Waals surface area contributed by atoms with Crippen molar-refractivity contribution < 1.29 is 13.2 Å². The first kappa shape index (κ1) is 34.0. The van der Waals surface area contributed by atoms with Gasteiger partial charge in [0.15, 0.2) is 0 Å². The second-order valence-electron chi connectivity index (χ2n) is 14.2. The molecule has 0 saturated carbocycles. The molecular weight excluding hydrogens is 716 g/mol. The van der Waals surface area contributed by atoms with E-state index in [1.54, 1.807) is 37.8 Å². The van der Waals surface area contributed by atoms with E-state index in [1.807, 2.05) is 97.1 Å². The van der Waals surface area contributed by atoms with Crippen LogP contribution in [0.15, 0.2) is 164 Å². The third-order valence-electron chi connectivity index (χ3n) is 10.8. The summed E-state index contributed by atoms with van der Waals surface area (Å²) < 4.78 is 47.2. The van der Waals surface area contributed by atoms with Crippen LogP contribution in [0.2, 0.25) is 0 Å². The molecule has 5 nitrogen and oxygen atoms in total. The van der Waals surface area contributed by atoms with Gasteiger partial charge in [-0.05, 0) is 131 Å². The summed E-state index contributed by atoms with van der Waals surface area (Å²) in [4.78, 5) is 8.37. The number of aromatic nitrogens is 4. The molecule has 0 radical (unpaired) electrons. The monoisotopic (exact) mass is 745 g/mol. The number of nitriles is 1. The lowest BCUT2D eigenvalue weighted by molar-refractivity contribution is -0.137. The molecule has 0 atom stereocenters. The molecule has 10 rings (SSSR count). The van der Waals surface area contributed by atoms with E-state index in [1.165, 1.54) is 6.07 Å². The van der Waals surface area contributed by atoms with Gasteiger partial charge < -0.3 is 9.13 Å². The van der Waals surface area contributed by atoms with Gasteiger partial charge in [0.25, 0.3) is 0 Å². The zero-order valence-corrected chi connectivity index (χ0v) is 30.5. The molecule has 6 aromatic carbocycles. The molecule has 4 heterocycles. The van der Waals surface area contributed by atoms with Crippen molar-refractivity contribution in [2.45, 2.75) is 13.1 Å². The lowest BCUT2D eigenvalue weighted by atomic mass is 9.96. The van der Waals surface area contributed by atoms with Crippen molar-refractivity contribution in [3.8, 4) is 50.8 Å². The van der Waals surface area contributed by atoms with Gasteiger partial charge in [-0.1, -0.05) is 54.6 Å². The highest BCUT2D eigenvalue weighted by atomic mass is 19.4. The number of fused-ring (bicyclic) bond motifs is 6. The Bertz CT molecular complexity index is 3070. The quantitative estimate of drug-likeness (QED) is 0.176. The average Bonchev–Trinajstić information content (AvgIpc) is 3.75. The number of hydrogen-bond acceptors (Lipinski definition) is 3. The van der Waals surface area contributed by atoms with Crippen LogP contribution in [0.1, 0.15) is 16.7 Å². The molecule has 0 spiro atoms. The Hall–Kier alpha value is -7.50. The molecule has 0 aliphatic carbocycles. The minimum atomic E-state index is -4.54. The Morgan fingerprint density at radius 1 is 0.474 bits per heavy atom. The number of pyridine rings is 2. The van der Waals surface area contributed by atoms with Crippen molar-refractivity contribution in [3.05, 3.63) is 181 Å². The first-order valence-electron chi connectivity index (χ1n) is 18.4. The van der Waals surface area contributed by atoms with Crippen LogP contribution in [0.25, 0.3) is 88.4 Å². The van der Waals surface area contributed by atoms with E-state index in [-0.39, 0.29) is 0 Å². The van der Waals surface area contributed by atoms with Crippen molar-refractivity contribution in [2.75, 3.05) is 0 Å². The fourth-order valence-corrected chi connectivity index (χ4v) is 8.27. The average molecular weight is 746 g/mol. The number of para-hydroxylation sites is 2. The number of rotatable bonds is 5. The molecule has 0 aliphatic rings. The molecule has 0 aliphatic heterocycles. The number of hydrogen-bond donors (Lipinski definition) is 0. The molecule has 272 valence electrons. The fourth-order valence-electron chi connectivity index (χ4n) is 8.27. The normalized spacial score (nSPS) is 11.8. The largest absolute Gasteiger partial charge is 0.416 e. The summed E-state index contributed by atoms with van der Waals surface area (Å²) in [7, 11) is 0. The highest BCUT2D eigenvalue weighted by Gasteiger charge is 2.31. The van der Waals surface area contributed by atoms with Gasteiger partial charge in [-0.2, -0.15) is 18.4 Å². The van der Waals surface area contributed by atoms with Gasteiger partial charge in [0.1, 0.15) is 11.6 Å². The number of halogens is 3. The molecule has 0 amide bonds. The number of benzene rings is 6. The molecule has 0 fully saturated rings. The molecule has 8 heteroatoms. The molecule has 10 aromatic rings. The van der Waals surface area contributed by atoms with Crippen molar-refractivity contribution in [2.24, 2.45) is 0 Å². The first-order valence-corrected chi connectivity index (χ1v) is 18.4. The second-order valence-corrected chi connectivity index (χ2v) is 14.2. The maximum Gasteiger partial charge on any atom is 0.416 e. The van der Waals surface area contributed by atoms with E-state index >= 15 is 0 Å². The summed E-state index contributed by atoms with van der Waals surface area (Å²) in [5.74, 6) is 0. The first-order chi connectivity index (χ1) is 27.8. The smallest absolute Gasteiger partial charge is 0.308 e. The van der Waals surface area contributed by atoms with Crippen LogP contribution >= 0.6 is 0 Å². The van der Waals surface area contributed by atoms with Crippen LogP contribution in [0.5, 0.6) is 0 Å². The van der Waals surface area contributed by atoms with Crippen LogP contribution in [0, 0.1) is 18.3 Å². The minimum absolute atomic E-state index is 0.379. The van der Waals surface area contributed by atoms with Gasteiger partial charge in [-0.3, -0.25) is 9.97 Å². The Balaban J connectivity index is 1.32. The lowest BCUT2D eigenvalue weighted by Gasteiger charge is -2.19. The van der Waals surface area contributed by atoms with Crippen LogP contribution in [-0.2, 0) is 6.18 Å². The fraction of sp³-hybridized carbons (Fsp3) is 0.0408. The Kier molecular flexibility index (Phi) is 7.80. The van der Waals surface area contributed by atoms with Crippen molar-refractivity contribution >= 4 is 43.6 Å². The summed E-state index contributed by atoms with van der Waals surface area (Å²) in [6.45, 7) is 1.67. The maximum absolute atomic E-state index is 14.3. The standard InChI is InChI=1S/C49H30F3N5/c1-30-22-35(24-37(23-30)49(50,51)52)36-27-47(56-43-8-4-2-6-38(43)40-25-33(10-12-45(40)56)31-14-18-54-19-15-31)42(29-53)48(28-36)57-44-9-5-3-7-39(44)41-26-34(11-13-46(41)57)32-16-20-55-21-17-32/h2-28H,1H3. The van der Waals surface area contributed by atoms with Gasteiger partial charge in [0, 0.05) is 46.3 Å². The summed E-state index contributed by atoms with van der Waals surface area (Å²) >= 11 is 0. The summed E-state index contributed by atoms with van der Waals surface area (Å²) in [5, 5.41) is 15.2. The van der Waals surface area contributed by atoms with Crippen LogP contribution in [-0.4, -0.2) is 19.1 Å². The number of nitrogens with zero attached hydrogens (tertiary/aromatic N) is 5. The molecular formula is C49H30F3N5. The zero-order chi connectivity index (χ0) is 38.8. The van der Waals surface area contributed by atoms with Gasteiger partial charge in [-0.25, -0.2) is 0 Å². The highest BCUT2D eigenvalue weighted by Crippen LogP contribution is 2.42. The molecule has 0 N–H and O–H groups in total. The number of alkyl halides is 3. The van der Waals surface area contributed by atoms with Crippen molar-refractivity contribution in [1.29, 1.82) is 5.26 Å². The summed E-state index contributed by atoms with van der Waals surface area (Å²) in [5.41, 5.74) is 9.70.